The molecule has 236 valence electrons. The topological polar surface area (TPSA) is 124 Å². The highest BCUT2D eigenvalue weighted by atomic mass is 31.2. The van der Waals surface area contributed by atoms with Gasteiger partial charge in [0.2, 0.25) is 0 Å². The first-order valence-corrected chi connectivity index (χ1v) is 16.2. The number of phosphoric ester groups is 1. The summed E-state index contributed by atoms with van der Waals surface area (Å²) in [6, 6.07) is 0. The predicted molar refractivity (Wildman–Crippen MR) is 157 cm³/mol. The van der Waals surface area contributed by atoms with Gasteiger partial charge in [-0.05, 0) is 44.9 Å². The van der Waals surface area contributed by atoms with Crippen molar-refractivity contribution in [3.63, 3.8) is 0 Å². The smallest absolute Gasteiger partial charge is 0.305 e. The summed E-state index contributed by atoms with van der Waals surface area (Å²) in [5, 5.41) is 0. The van der Waals surface area contributed by atoms with Crippen molar-refractivity contribution in [1.82, 2.24) is 0 Å². The maximum absolute atomic E-state index is 12.1. The quantitative estimate of drug-likeness (QED) is 0.0374. The largest absolute Gasteiger partial charge is 0.756 e. The molecule has 0 saturated carbocycles. The average molecular weight is 602 g/mol. The number of epoxide rings is 1. The molecule has 1 aliphatic heterocycles. The van der Waals surface area contributed by atoms with Gasteiger partial charge in [0.05, 0.1) is 40.0 Å². The number of hydrogen-bond acceptors (Lipinski definition) is 9. The molecule has 10 nitrogen and oxygen atoms in total. The molecule has 1 rings (SSSR count). The lowest BCUT2D eigenvalue weighted by atomic mass is 10.1. The maximum atomic E-state index is 12.1. The van der Waals surface area contributed by atoms with Crippen LogP contribution in [0.2, 0.25) is 0 Å². The number of likely N-dealkylation sites (N-methyl/N-ethyl adjacent to an activating group) is 1. The fourth-order valence-corrected chi connectivity index (χ4v) is 4.47. The normalized spacial score (nSPS) is 19.6. The molecule has 41 heavy (non-hydrogen) atoms. The first-order chi connectivity index (χ1) is 19.4. The molecule has 0 aromatic rings. The monoisotopic (exact) mass is 601 g/mol. The Hall–Kier alpha value is -1.81. The third kappa shape index (κ3) is 22.5. The van der Waals surface area contributed by atoms with Crippen molar-refractivity contribution in [1.29, 1.82) is 0 Å². The zero-order valence-electron chi connectivity index (χ0n) is 25.7. The van der Waals surface area contributed by atoms with Gasteiger partial charge in [-0.1, -0.05) is 56.2 Å². The second kappa shape index (κ2) is 21.0. The molecule has 0 radical (unpaired) electrons. The Morgan fingerprint density at radius 3 is 2.29 bits per heavy atom. The van der Waals surface area contributed by atoms with Crippen molar-refractivity contribution >= 4 is 19.8 Å². The molecule has 0 aliphatic carbocycles. The van der Waals surface area contributed by atoms with E-state index < -0.39 is 32.5 Å². The summed E-state index contributed by atoms with van der Waals surface area (Å²) in [4.78, 5) is 35.5. The van der Waals surface area contributed by atoms with E-state index in [4.69, 9.17) is 23.3 Å². The Balaban J connectivity index is 2.18. The van der Waals surface area contributed by atoms with Crippen LogP contribution in [0.25, 0.3) is 0 Å². The van der Waals surface area contributed by atoms with Crippen LogP contribution in [0.4, 0.5) is 0 Å². The Labute approximate surface area is 246 Å². The summed E-state index contributed by atoms with van der Waals surface area (Å²) in [5.41, 5.74) is 0. The first kappa shape index (κ1) is 37.2. The van der Waals surface area contributed by atoms with Gasteiger partial charge in [-0.15, -0.1) is 0 Å². The van der Waals surface area contributed by atoms with Crippen molar-refractivity contribution in [2.45, 2.75) is 96.4 Å². The van der Waals surface area contributed by atoms with E-state index in [0.717, 1.165) is 25.7 Å². The molecule has 1 fully saturated rings. The van der Waals surface area contributed by atoms with Crippen molar-refractivity contribution in [2.75, 3.05) is 47.5 Å². The van der Waals surface area contributed by atoms with Crippen molar-refractivity contribution in [3.05, 3.63) is 36.5 Å². The summed E-state index contributed by atoms with van der Waals surface area (Å²) in [6.45, 7) is 2.99. The number of phosphoric acid groups is 1. The fraction of sp³-hybridized carbons (Fsp3) is 0.733. The van der Waals surface area contributed by atoms with E-state index in [0.29, 0.717) is 17.4 Å². The highest BCUT2D eigenvalue weighted by molar-refractivity contribution is 7.45. The summed E-state index contributed by atoms with van der Waals surface area (Å²) in [7, 11) is 1.10. The molecule has 0 N–H and O–H groups in total. The Bertz CT molecular complexity index is 882. The standard InChI is InChI=1S/C30H52NO9P/c1-6-7-8-9-10-11-12-13-14-15-16-17-19-28-29(40-28)20-18-21-30(33)36-24-27(39-26(2)32)25-38-41(34,35)37-23-22-31(3,4)5/h10-11,13-14,16-17,27-29H,6-9,12,15,18-25H2,1-5H3/b11-10-,14-13-,17-16-/t27-,28?,29?/m1/s1. The zero-order valence-corrected chi connectivity index (χ0v) is 26.6. The second-order valence-electron chi connectivity index (χ2n) is 11.2. The number of carbonyl (C=O) groups is 2. The van der Waals surface area contributed by atoms with E-state index in [-0.39, 0.29) is 31.8 Å². The molecule has 3 unspecified atom stereocenters. The van der Waals surface area contributed by atoms with E-state index in [1.165, 1.54) is 32.6 Å². The van der Waals surface area contributed by atoms with E-state index in [1.54, 1.807) is 0 Å². The minimum absolute atomic E-state index is 0.0476. The van der Waals surface area contributed by atoms with Gasteiger partial charge in [0.25, 0.3) is 7.82 Å². The fourth-order valence-electron chi connectivity index (χ4n) is 3.74. The van der Waals surface area contributed by atoms with Gasteiger partial charge in [0, 0.05) is 13.3 Å². The molecule has 1 heterocycles. The Morgan fingerprint density at radius 2 is 1.63 bits per heavy atom. The number of quaternary nitrogens is 1. The van der Waals surface area contributed by atoms with E-state index >= 15 is 0 Å². The number of rotatable bonds is 24. The van der Waals surface area contributed by atoms with Crippen LogP contribution >= 0.6 is 7.82 Å². The van der Waals surface area contributed by atoms with Crippen LogP contribution in [0.1, 0.15) is 78.1 Å². The number of allylic oxidation sites excluding steroid dienone is 5. The number of unbranched alkanes of at least 4 members (excludes halogenated alkanes) is 3. The van der Waals surface area contributed by atoms with Crippen LogP contribution < -0.4 is 4.89 Å². The maximum Gasteiger partial charge on any atom is 0.305 e. The average Bonchev–Trinajstić information content (AvgIpc) is 3.63. The third-order valence-corrected chi connectivity index (χ3v) is 7.10. The summed E-state index contributed by atoms with van der Waals surface area (Å²) in [6.07, 6.45) is 21.6. The van der Waals surface area contributed by atoms with Gasteiger partial charge in [-0.3, -0.25) is 14.2 Å². The van der Waals surface area contributed by atoms with E-state index in [9.17, 15) is 19.0 Å². The minimum Gasteiger partial charge on any atom is -0.756 e. The lowest BCUT2D eigenvalue weighted by Gasteiger charge is -2.28. The molecule has 0 amide bonds. The van der Waals surface area contributed by atoms with E-state index in [1.807, 2.05) is 21.1 Å². The lowest BCUT2D eigenvalue weighted by molar-refractivity contribution is -0.870. The molecule has 0 aromatic carbocycles. The minimum atomic E-state index is -4.59. The molecule has 0 aromatic heterocycles. The van der Waals surface area contributed by atoms with Crippen LogP contribution in [0.15, 0.2) is 36.5 Å². The van der Waals surface area contributed by atoms with Gasteiger partial charge >= 0.3 is 11.9 Å². The Kier molecular flexibility index (Phi) is 19.0. The van der Waals surface area contributed by atoms with Crippen molar-refractivity contribution < 1.29 is 46.8 Å². The molecule has 4 atom stereocenters. The predicted octanol–water partition coefficient (Wildman–Crippen LogP) is 5.03. The summed E-state index contributed by atoms with van der Waals surface area (Å²) < 4.78 is 38.0. The van der Waals surface area contributed by atoms with Crippen LogP contribution in [0.3, 0.4) is 0 Å². The molecule has 11 heteroatoms. The SMILES string of the molecule is CCCCC/C=C\C/C=C\C/C=C\CC1OC1CCCC(=O)OC[C@H](COP(=O)([O-])OCC[N+](C)(C)C)OC(C)=O. The lowest BCUT2D eigenvalue weighted by Crippen LogP contribution is -2.37. The number of hydrogen-bond donors (Lipinski definition) is 0. The molecule has 0 spiro atoms. The van der Waals surface area contributed by atoms with Gasteiger partial charge in [-0.2, -0.15) is 0 Å². The van der Waals surface area contributed by atoms with Crippen LogP contribution in [0, 0.1) is 0 Å². The van der Waals surface area contributed by atoms with Crippen molar-refractivity contribution in [2.24, 2.45) is 0 Å². The van der Waals surface area contributed by atoms with Gasteiger partial charge < -0.3 is 32.6 Å². The summed E-state index contributed by atoms with van der Waals surface area (Å²) in [5.74, 6) is -1.11. The molecule has 0 bridgehead atoms. The molecule has 1 saturated heterocycles. The molecular weight excluding hydrogens is 549 g/mol. The van der Waals surface area contributed by atoms with Gasteiger partial charge in [0.15, 0.2) is 6.10 Å². The summed E-state index contributed by atoms with van der Waals surface area (Å²) >= 11 is 0. The van der Waals surface area contributed by atoms with Crippen molar-refractivity contribution in [3.8, 4) is 0 Å². The highest BCUT2D eigenvalue weighted by Gasteiger charge is 2.36. The number of esters is 2. The Morgan fingerprint density at radius 1 is 0.951 bits per heavy atom. The van der Waals surface area contributed by atoms with Crippen LogP contribution in [-0.2, 0) is 37.4 Å². The molecular formula is C30H52NO9P. The van der Waals surface area contributed by atoms with Crippen LogP contribution in [-0.4, -0.2) is 82.2 Å². The van der Waals surface area contributed by atoms with Crippen LogP contribution in [0.5, 0.6) is 0 Å². The number of nitrogens with zero attached hydrogens (tertiary/aromatic N) is 1. The van der Waals surface area contributed by atoms with Gasteiger partial charge in [-0.25, -0.2) is 0 Å². The molecule has 1 aliphatic rings. The van der Waals surface area contributed by atoms with Gasteiger partial charge in [0.1, 0.15) is 19.8 Å². The second-order valence-corrected chi connectivity index (χ2v) is 12.6. The number of ether oxygens (including phenoxy) is 3. The first-order valence-electron chi connectivity index (χ1n) is 14.8. The third-order valence-electron chi connectivity index (χ3n) is 6.14. The zero-order chi connectivity index (χ0) is 30.6. The highest BCUT2D eigenvalue weighted by Crippen LogP contribution is 2.38. The number of carbonyl (C=O) groups excluding carboxylic acids is 2. The van der Waals surface area contributed by atoms with E-state index in [2.05, 4.69) is 43.4 Å².